The van der Waals surface area contributed by atoms with Crippen LogP contribution in [0.2, 0.25) is 0 Å². The van der Waals surface area contributed by atoms with Crippen molar-refractivity contribution in [3.63, 3.8) is 0 Å². The zero-order chi connectivity index (χ0) is 20.3. The van der Waals surface area contributed by atoms with Gasteiger partial charge in [-0.1, -0.05) is 13.8 Å². The lowest BCUT2D eigenvalue weighted by Crippen LogP contribution is -2.29. The lowest BCUT2D eigenvalue weighted by Gasteiger charge is -2.18. The number of carbonyl (C=O) groups is 2. The van der Waals surface area contributed by atoms with Crippen molar-refractivity contribution in [1.82, 2.24) is 20.4 Å². The fourth-order valence-electron chi connectivity index (χ4n) is 3.51. The molecule has 2 atom stereocenters. The molecule has 0 bridgehead atoms. The Kier molecular flexibility index (Phi) is 7.81. The van der Waals surface area contributed by atoms with E-state index in [1.165, 1.54) is 0 Å². The van der Waals surface area contributed by atoms with Crippen molar-refractivity contribution in [2.24, 2.45) is 18.9 Å². The molecule has 2 heterocycles. The molecule has 0 spiro atoms. The minimum absolute atomic E-state index is 0. The normalized spacial score (nSPS) is 18.4. The van der Waals surface area contributed by atoms with Crippen molar-refractivity contribution in [3.05, 3.63) is 47.3 Å². The van der Waals surface area contributed by atoms with Crippen LogP contribution in [0.5, 0.6) is 0 Å². The van der Waals surface area contributed by atoms with E-state index in [1.807, 2.05) is 32.4 Å². The summed E-state index contributed by atoms with van der Waals surface area (Å²) < 4.78 is 1.76. The first kappa shape index (κ1) is 22.9. The summed E-state index contributed by atoms with van der Waals surface area (Å²) in [7, 11) is 1.88. The SMILES string of the molecule is Cc1cc(C(=O)NCC(C)C)ccc1NC(=O)[C@H]1CNC[C@@H]1c1cnn(C)c1.Cl. The van der Waals surface area contributed by atoms with Crippen LogP contribution in [0, 0.1) is 18.8 Å². The van der Waals surface area contributed by atoms with Gasteiger partial charge in [0.15, 0.2) is 0 Å². The van der Waals surface area contributed by atoms with E-state index in [4.69, 9.17) is 0 Å². The first-order chi connectivity index (χ1) is 13.3. The maximum Gasteiger partial charge on any atom is 0.251 e. The van der Waals surface area contributed by atoms with Gasteiger partial charge in [0, 0.05) is 50.0 Å². The van der Waals surface area contributed by atoms with Crippen molar-refractivity contribution in [3.8, 4) is 0 Å². The quantitative estimate of drug-likeness (QED) is 0.671. The van der Waals surface area contributed by atoms with Gasteiger partial charge in [0.25, 0.3) is 5.91 Å². The monoisotopic (exact) mass is 419 g/mol. The van der Waals surface area contributed by atoms with Crippen LogP contribution >= 0.6 is 12.4 Å². The first-order valence-corrected chi connectivity index (χ1v) is 9.74. The molecule has 0 radical (unpaired) electrons. The number of benzene rings is 1. The van der Waals surface area contributed by atoms with Gasteiger partial charge in [-0.3, -0.25) is 14.3 Å². The van der Waals surface area contributed by atoms with Crippen LogP contribution in [-0.4, -0.2) is 41.2 Å². The summed E-state index contributed by atoms with van der Waals surface area (Å²) in [5.41, 5.74) is 3.28. The first-order valence-electron chi connectivity index (χ1n) is 9.74. The maximum atomic E-state index is 12.9. The molecule has 1 aromatic heterocycles. The van der Waals surface area contributed by atoms with E-state index in [-0.39, 0.29) is 36.1 Å². The zero-order valence-electron chi connectivity index (χ0n) is 17.4. The molecule has 2 amide bonds. The average Bonchev–Trinajstić information content (AvgIpc) is 3.29. The molecule has 8 heteroatoms. The van der Waals surface area contributed by atoms with Crippen LogP contribution in [-0.2, 0) is 11.8 Å². The number of aryl methyl sites for hydroxylation is 2. The predicted octanol–water partition coefficient (Wildman–Crippen LogP) is 2.48. The molecule has 0 saturated carbocycles. The largest absolute Gasteiger partial charge is 0.352 e. The third-order valence-electron chi connectivity index (χ3n) is 5.12. The minimum atomic E-state index is -0.155. The summed E-state index contributed by atoms with van der Waals surface area (Å²) in [5, 5.41) is 13.5. The standard InChI is InChI=1S/C21H29N5O2.ClH/c1-13(2)8-23-20(27)15-5-6-19(14(3)7-15)25-21(28)18-11-22-10-17(18)16-9-24-26(4)12-16;/h5-7,9,12-13,17-18,22H,8,10-11H2,1-4H3,(H,23,27)(H,25,28);1H/t17-,18+;/m1./s1. The molecule has 1 aromatic carbocycles. The summed E-state index contributed by atoms with van der Waals surface area (Å²) >= 11 is 0. The minimum Gasteiger partial charge on any atom is -0.352 e. The number of anilines is 1. The van der Waals surface area contributed by atoms with Gasteiger partial charge in [0.2, 0.25) is 5.91 Å². The van der Waals surface area contributed by atoms with Gasteiger partial charge < -0.3 is 16.0 Å². The summed E-state index contributed by atoms with van der Waals surface area (Å²) in [6.07, 6.45) is 3.79. The van der Waals surface area contributed by atoms with E-state index < -0.39 is 0 Å². The molecule has 7 nitrogen and oxygen atoms in total. The second kappa shape index (κ2) is 9.89. The molecule has 1 saturated heterocycles. The van der Waals surface area contributed by atoms with Gasteiger partial charge in [0.1, 0.15) is 0 Å². The molecular formula is C21H30ClN5O2. The molecule has 2 aromatic rings. The lowest BCUT2D eigenvalue weighted by atomic mass is 9.90. The van der Waals surface area contributed by atoms with Crippen molar-refractivity contribution < 1.29 is 9.59 Å². The molecular weight excluding hydrogens is 390 g/mol. The number of nitrogens with one attached hydrogen (secondary N) is 3. The number of amides is 2. The Labute approximate surface area is 178 Å². The molecule has 3 rings (SSSR count). The predicted molar refractivity (Wildman–Crippen MR) is 117 cm³/mol. The number of halogens is 1. The van der Waals surface area contributed by atoms with E-state index in [1.54, 1.807) is 16.8 Å². The number of carbonyl (C=O) groups excluding carboxylic acids is 2. The fraction of sp³-hybridized carbons (Fsp3) is 0.476. The summed E-state index contributed by atoms with van der Waals surface area (Å²) in [4.78, 5) is 25.1. The highest BCUT2D eigenvalue weighted by atomic mass is 35.5. The van der Waals surface area contributed by atoms with E-state index in [9.17, 15) is 9.59 Å². The number of aromatic nitrogens is 2. The van der Waals surface area contributed by atoms with E-state index in [0.717, 1.165) is 23.4 Å². The Morgan fingerprint density at radius 3 is 2.69 bits per heavy atom. The Balaban J connectivity index is 0.00000300. The zero-order valence-corrected chi connectivity index (χ0v) is 18.2. The summed E-state index contributed by atoms with van der Waals surface area (Å²) in [6, 6.07) is 5.37. The number of hydrogen-bond donors (Lipinski definition) is 3. The highest BCUT2D eigenvalue weighted by Gasteiger charge is 2.34. The molecule has 0 unspecified atom stereocenters. The Morgan fingerprint density at radius 1 is 1.31 bits per heavy atom. The molecule has 158 valence electrons. The summed E-state index contributed by atoms with van der Waals surface area (Å²) in [6.45, 7) is 8.06. The van der Waals surface area contributed by atoms with Gasteiger partial charge in [-0.25, -0.2) is 0 Å². The number of rotatable bonds is 6. The van der Waals surface area contributed by atoms with Gasteiger partial charge in [-0.05, 0) is 42.2 Å². The highest BCUT2D eigenvalue weighted by Crippen LogP contribution is 2.29. The third kappa shape index (κ3) is 5.58. The second-order valence-electron chi connectivity index (χ2n) is 7.94. The third-order valence-corrected chi connectivity index (χ3v) is 5.12. The van der Waals surface area contributed by atoms with Crippen molar-refractivity contribution in [1.29, 1.82) is 0 Å². The summed E-state index contributed by atoms with van der Waals surface area (Å²) in [5.74, 6) is 0.245. The fourth-order valence-corrected chi connectivity index (χ4v) is 3.51. The molecule has 0 aliphatic carbocycles. The molecule has 1 aliphatic heterocycles. The van der Waals surface area contributed by atoms with Crippen LogP contribution < -0.4 is 16.0 Å². The smallest absolute Gasteiger partial charge is 0.251 e. The van der Waals surface area contributed by atoms with E-state index >= 15 is 0 Å². The van der Waals surface area contributed by atoms with Crippen LogP contribution in [0.1, 0.15) is 41.3 Å². The Morgan fingerprint density at radius 2 is 2.07 bits per heavy atom. The highest BCUT2D eigenvalue weighted by molar-refractivity contribution is 5.97. The van der Waals surface area contributed by atoms with Crippen molar-refractivity contribution in [2.75, 3.05) is 25.0 Å². The van der Waals surface area contributed by atoms with Gasteiger partial charge in [-0.15, -0.1) is 12.4 Å². The molecule has 3 N–H and O–H groups in total. The van der Waals surface area contributed by atoms with Crippen molar-refractivity contribution >= 4 is 29.9 Å². The van der Waals surface area contributed by atoms with Crippen LogP contribution in [0.4, 0.5) is 5.69 Å². The second-order valence-corrected chi connectivity index (χ2v) is 7.94. The number of hydrogen-bond acceptors (Lipinski definition) is 4. The topological polar surface area (TPSA) is 88.1 Å². The average molecular weight is 420 g/mol. The Bertz CT molecular complexity index is 865. The lowest BCUT2D eigenvalue weighted by molar-refractivity contribution is -0.119. The Hall–Kier alpha value is -2.38. The van der Waals surface area contributed by atoms with Crippen LogP contribution in [0.15, 0.2) is 30.6 Å². The van der Waals surface area contributed by atoms with Gasteiger partial charge in [-0.2, -0.15) is 5.10 Å². The van der Waals surface area contributed by atoms with Crippen molar-refractivity contribution in [2.45, 2.75) is 26.7 Å². The molecule has 1 fully saturated rings. The maximum absolute atomic E-state index is 12.9. The van der Waals surface area contributed by atoms with Crippen LogP contribution in [0.3, 0.4) is 0 Å². The van der Waals surface area contributed by atoms with E-state index in [0.29, 0.717) is 24.6 Å². The molecule has 1 aliphatic rings. The number of nitrogens with zero attached hydrogens (tertiary/aromatic N) is 2. The molecule has 29 heavy (non-hydrogen) atoms. The van der Waals surface area contributed by atoms with E-state index in [2.05, 4.69) is 34.9 Å². The van der Waals surface area contributed by atoms with Gasteiger partial charge >= 0.3 is 0 Å². The van der Waals surface area contributed by atoms with Gasteiger partial charge in [0.05, 0.1) is 12.1 Å². The van der Waals surface area contributed by atoms with Crippen LogP contribution in [0.25, 0.3) is 0 Å².